The zero-order chi connectivity index (χ0) is 15.3. The fourth-order valence-electron chi connectivity index (χ4n) is 3.65. The van der Waals surface area contributed by atoms with Crippen LogP contribution in [0.3, 0.4) is 0 Å². The van der Waals surface area contributed by atoms with Gasteiger partial charge in [0.1, 0.15) is 0 Å². The third-order valence-electron chi connectivity index (χ3n) is 4.68. The summed E-state index contributed by atoms with van der Waals surface area (Å²) in [4.78, 5) is 12.6. The molecule has 0 aromatic carbocycles. The molecule has 0 bridgehead atoms. The number of hydrogen-bond donors (Lipinski definition) is 2. The lowest BCUT2D eigenvalue weighted by atomic mass is 9.77. The smallest absolute Gasteiger partial charge is 0.226 e. The molecule has 2 N–H and O–H groups in total. The van der Waals surface area contributed by atoms with Gasteiger partial charge in [-0.2, -0.15) is 5.10 Å². The first-order valence-corrected chi connectivity index (χ1v) is 8.31. The molecule has 1 fully saturated rings. The van der Waals surface area contributed by atoms with Gasteiger partial charge in [-0.3, -0.25) is 9.89 Å². The second kappa shape index (κ2) is 7.10. The highest BCUT2D eigenvalue weighted by molar-refractivity contribution is 5.82. The van der Waals surface area contributed by atoms with Crippen molar-refractivity contribution in [2.75, 3.05) is 6.54 Å². The molecule has 1 aromatic rings. The molecule has 2 rings (SSSR count). The van der Waals surface area contributed by atoms with Gasteiger partial charge in [0.25, 0.3) is 0 Å². The van der Waals surface area contributed by atoms with Crippen LogP contribution < -0.4 is 5.32 Å². The Morgan fingerprint density at radius 1 is 1.43 bits per heavy atom. The summed E-state index contributed by atoms with van der Waals surface area (Å²) >= 11 is 0. The Morgan fingerprint density at radius 3 is 2.71 bits per heavy atom. The third-order valence-corrected chi connectivity index (χ3v) is 4.68. The number of aryl methyl sites for hydroxylation is 2. The molecule has 1 aliphatic carbocycles. The lowest BCUT2D eigenvalue weighted by molar-refractivity contribution is -0.131. The Labute approximate surface area is 128 Å². The van der Waals surface area contributed by atoms with Gasteiger partial charge in [-0.1, -0.05) is 26.7 Å². The van der Waals surface area contributed by atoms with Crippen molar-refractivity contribution in [3.05, 3.63) is 17.5 Å². The van der Waals surface area contributed by atoms with Gasteiger partial charge < -0.3 is 5.32 Å². The molecular formula is C17H29N3O. The fourth-order valence-corrected chi connectivity index (χ4v) is 3.65. The van der Waals surface area contributed by atoms with Crippen LogP contribution in [-0.4, -0.2) is 22.6 Å². The molecular weight excluding hydrogens is 262 g/mol. The highest BCUT2D eigenvalue weighted by Crippen LogP contribution is 2.43. The first-order valence-electron chi connectivity index (χ1n) is 8.31. The minimum Gasteiger partial charge on any atom is -0.356 e. The minimum atomic E-state index is -0.0836. The van der Waals surface area contributed by atoms with Crippen LogP contribution in [0.25, 0.3) is 0 Å². The molecule has 1 heterocycles. The molecule has 1 aliphatic rings. The van der Waals surface area contributed by atoms with Gasteiger partial charge in [-0.25, -0.2) is 0 Å². The predicted molar refractivity (Wildman–Crippen MR) is 85.0 cm³/mol. The number of aromatic amines is 1. The van der Waals surface area contributed by atoms with Crippen LogP contribution in [0.15, 0.2) is 6.20 Å². The third kappa shape index (κ3) is 4.08. The number of amides is 1. The molecule has 0 radical (unpaired) electrons. The van der Waals surface area contributed by atoms with E-state index in [4.69, 9.17) is 0 Å². The van der Waals surface area contributed by atoms with Crippen molar-refractivity contribution in [3.63, 3.8) is 0 Å². The SMILES string of the molecule is Cc1[nH]ncc1CCCNC(=O)C1(CC(C)C)CCCC1. The van der Waals surface area contributed by atoms with Crippen LogP contribution in [-0.2, 0) is 11.2 Å². The van der Waals surface area contributed by atoms with Gasteiger partial charge in [0.15, 0.2) is 0 Å². The summed E-state index contributed by atoms with van der Waals surface area (Å²) in [5.41, 5.74) is 2.30. The average molecular weight is 291 g/mol. The largest absolute Gasteiger partial charge is 0.356 e. The molecule has 0 atom stereocenters. The van der Waals surface area contributed by atoms with E-state index < -0.39 is 0 Å². The normalized spacial score (nSPS) is 17.3. The van der Waals surface area contributed by atoms with E-state index in [2.05, 4.69) is 29.4 Å². The molecule has 1 saturated carbocycles. The molecule has 4 heteroatoms. The summed E-state index contributed by atoms with van der Waals surface area (Å²) in [6.45, 7) is 7.24. The van der Waals surface area contributed by atoms with Crippen LogP contribution in [0.2, 0.25) is 0 Å². The first kappa shape index (κ1) is 16.1. The van der Waals surface area contributed by atoms with E-state index >= 15 is 0 Å². The highest BCUT2D eigenvalue weighted by atomic mass is 16.2. The van der Waals surface area contributed by atoms with Crippen LogP contribution in [0.1, 0.15) is 63.6 Å². The Hall–Kier alpha value is -1.32. The van der Waals surface area contributed by atoms with Crippen molar-refractivity contribution >= 4 is 5.91 Å². The first-order chi connectivity index (χ1) is 10.0. The molecule has 1 aromatic heterocycles. The quantitative estimate of drug-likeness (QED) is 0.757. The van der Waals surface area contributed by atoms with Crippen molar-refractivity contribution in [3.8, 4) is 0 Å². The molecule has 0 aliphatic heterocycles. The Bertz CT molecular complexity index is 458. The maximum atomic E-state index is 12.6. The Morgan fingerprint density at radius 2 is 2.14 bits per heavy atom. The lowest BCUT2D eigenvalue weighted by Crippen LogP contribution is -2.40. The monoisotopic (exact) mass is 291 g/mol. The molecule has 0 unspecified atom stereocenters. The average Bonchev–Trinajstić information content (AvgIpc) is 3.04. The molecule has 4 nitrogen and oxygen atoms in total. The standard InChI is InChI=1S/C17H29N3O/c1-13(2)11-17(8-4-5-9-17)16(21)18-10-6-7-15-12-19-20-14(15)3/h12-13H,4-11H2,1-3H3,(H,18,21)(H,19,20). The van der Waals surface area contributed by atoms with Crippen LogP contribution in [0, 0.1) is 18.3 Å². The molecule has 21 heavy (non-hydrogen) atoms. The van der Waals surface area contributed by atoms with E-state index in [0.717, 1.165) is 44.3 Å². The van der Waals surface area contributed by atoms with Crippen LogP contribution in [0.5, 0.6) is 0 Å². The van der Waals surface area contributed by atoms with Gasteiger partial charge in [0.2, 0.25) is 5.91 Å². The second-order valence-electron chi connectivity index (χ2n) is 6.97. The maximum Gasteiger partial charge on any atom is 0.226 e. The highest BCUT2D eigenvalue weighted by Gasteiger charge is 2.40. The van der Waals surface area contributed by atoms with E-state index in [9.17, 15) is 4.79 Å². The topological polar surface area (TPSA) is 57.8 Å². The number of nitrogens with zero attached hydrogens (tertiary/aromatic N) is 1. The van der Waals surface area contributed by atoms with Crippen LogP contribution >= 0.6 is 0 Å². The van der Waals surface area contributed by atoms with Crippen molar-refractivity contribution in [2.24, 2.45) is 11.3 Å². The van der Waals surface area contributed by atoms with E-state index in [0.29, 0.717) is 5.92 Å². The summed E-state index contributed by atoms with van der Waals surface area (Å²) in [7, 11) is 0. The molecule has 1 amide bonds. The molecule has 0 saturated heterocycles. The van der Waals surface area contributed by atoms with Crippen LogP contribution in [0.4, 0.5) is 0 Å². The van der Waals surface area contributed by atoms with Gasteiger partial charge in [-0.05, 0) is 50.5 Å². The fraction of sp³-hybridized carbons (Fsp3) is 0.765. The zero-order valence-corrected chi connectivity index (χ0v) is 13.7. The Balaban J connectivity index is 1.79. The van der Waals surface area contributed by atoms with Crippen molar-refractivity contribution in [1.29, 1.82) is 0 Å². The van der Waals surface area contributed by atoms with E-state index in [-0.39, 0.29) is 11.3 Å². The van der Waals surface area contributed by atoms with E-state index in [1.807, 2.05) is 13.1 Å². The summed E-state index contributed by atoms with van der Waals surface area (Å²) in [5.74, 6) is 0.875. The lowest BCUT2D eigenvalue weighted by Gasteiger charge is -2.29. The molecule has 0 spiro atoms. The number of H-pyrrole nitrogens is 1. The van der Waals surface area contributed by atoms with Crippen molar-refractivity contribution in [2.45, 2.75) is 65.7 Å². The van der Waals surface area contributed by atoms with E-state index in [1.54, 1.807) is 0 Å². The number of carbonyl (C=O) groups is 1. The van der Waals surface area contributed by atoms with Gasteiger partial charge >= 0.3 is 0 Å². The number of carbonyl (C=O) groups excluding carboxylic acids is 1. The summed E-state index contributed by atoms with van der Waals surface area (Å²) in [6, 6.07) is 0. The minimum absolute atomic E-state index is 0.0836. The van der Waals surface area contributed by atoms with E-state index in [1.165, 1.54) is 18.4 Å². The predicted octanol–water partition coefficient (Wildman–Crippen LogP) is 3.37. The number of rotatable bonds is 7. The number of nitrogens with one attached hydrogen (secondary N) is 2. The summed E-state index contributed by atoms with van der Waals surface area (Å²) in [5, 5.41) is 10.2. The second-order valence-corrected chi connectivity index (χ2v) is 6.97. The summed E-state index contributed by atoms with van der Waals surface area (Å²) < 4.78 is 0. The van der Waals surface area contributed by atoms with Crippen molar-refractivity contribution < 1.29 is 4.79 Å². The maximum absolute atomic E-state index is 12.6. The van der Waals surface area contributed by atoms with Gasteiger partial charge in [-0.15, -0.1) is 0 Å². The number of aromatic nitrogens is 2. The zero-order valence-electron chi connectivity index (χ0n) is 13.7. The number of hydrogen-bond acceptors (Lipinski definition) is 2. The van der Waals surface area contributed by atoms with Gasteiger partial charge in [0, 0.05) is 17.7 Å². The van der Waals surface area contributed by atoms with Gasteiger partial charge in [0.05, 0.1) is 6.20 Å². The van der Waals surface area contributed by atoms with Crippen molar-refractivity contribution in [1.82, 2.24) is 15.5 Å². The Kier molecular flexibility index (Phi) is 5.43. The summed E-state index contributed by atoms with van der Waals surface area (Å²) in [6.07, 6.45) is 9.40. The molecule has 118 valence electrons.